The van der Waals surface area contributed by atoms with Gasteiger partial charge in [-0.2, -0.15) is 0 Å². The molecule has 1 nitrogen and oxygen atoms in total. The van der Waals surface area contributed by atoms with Crippen LogP contribution in [0, 0.1) is 5.92 Å². The summed E-state index contributed by atoms with van der Waals surface area (Å²) in [6.45, 7) is 0. The van der Waals surface area contributed by atoms with Crippen molar-refractivity contribution in [3.63, 3.8) is 0 Å². The molecule has 0 N–H and O–H groups in total. The summed E-state index contributed by atoms with van der Waals surface area (Å²) in [6, 6.07) is 0. The second kappa shape index (κ2) is 3.02. The van der Waals surface area contributed by atoms with Crippen LogP contribution in [0.3, 0.4) is 0 Å². The maximum Gasteiger partial charge on any atom is 0.225 e. The minimum atomic E-state index is -0.181. The van der Waals surface area contributed by atoms with E-state index in [2.05, 4.69) is 6.08 Å². The number of rotatable bonds is 1. The van der Waals surface area contributed by atoms with Gasteiger partial charge in [-0.3, -0.25) is 4.79 Å². The molecule has 0 saturated heterocycles. The summed E-state index contributed by atoms with van der Waals surface area (Å²) in [5, 5.41) is -0.181. The summed E-state index contributed by atoms with van der Waals surface area (Å²) in [5.41, 5.74) is 0. The van der Waals surface area contributed by atoms with E-state index >= 15 is 0 Å². The number of halogens is 1. The zero-order valence-corrected chi connectivity index (χ0v) is 5.90. The van der Waals surface area contributed by atoms with Crippen LogP contribution < -0.4 is 0 Å². The number of carbonyl (C=O) groups excluding carboxylic acids is 1. The van der Waals surface area contributed by atoms with Crippen molar-refractivity contribution in [1.29, 1.82) is 0 Å². The quantitative estimate of drug-likeness (QED) is 0.407. The SMILES string of the molecule is O=C(Cl)[C@@H]1CC=CCC1. The van der Waals surface area contributed by atoms with Gasteiger partial charge in [0.05, 0.1) is 0 Å². The lowest BCUT2D eigenvalue weighted by Gasteiger charge is -2.11. The van der Waals surface area contributed by atoms with Gasteiger partial charge < -0.3 is 0 Å². The first-order valence-corrected chi connectivity index (χ1v) is 3.53. The number of carbonyl (C=O) groups is 1. The summed E-state index contributed by atoms with van der Waals surface area (Å²) < 4.78 is 0. The highest BCUT2D eigenvalue weighted by molar-refractivity contribution is 6.64. The summed E-state index contributed by atoms with van der Waals surface area (Å²) >= 11 is 5.28. The fourth-order valence-corrected chi connectivity index (χ4v) is 1.20. The molecule has 0 bridgehead atoms. The van der Waals surface area contributed by atoms with Crippen molar-refractivity contribution < 1.29 is 4.79 Å². The van der Waals surface area contributed by atoms with Gasteiger partial charge in [-0.25, -0.2) is 0 Å². The molecule has 1 rings (SSSR count). The maximum absolute atomic E-state index is 10.5. The van der Waals surface area contributed by atoms with E-state index in [1.807, 2.05) is 6.08 Å². The Balaban J connectivity index is 2.44. The van der Waals surface area contributed by atoms with Gasteiger partial charge in [-0.15, -0.1) is 0 Å². The van der Waals surface area contributed by atoms with Crippen molar-refractivity contribution in [3.8, 4) is 0 Å². The largest absolute Gasteiger partial charge is 0.281 e. The van der Waals surface area contributed by atoms with Crippen molar-refractivity contribution in [3.05, 3.63) is 12.2 Å². The summed E-state index contributed by atoms with van der Waals surface area (Å²) in [7, 11) is 0. The van der Waals surface area contributed by atoms with Gasteiger partial charge in [0.15, 0.2) is 0 Å². The third-order valence-electron chi connectivity index (χ3n) is 1.59. The molecule has 0 amide bonds. The monoisotopic (exact) mass is 144 g/mol. The van der Waals surface area contributed by atoms with Crippen LogP contribution in [0.5, 0.6) is 0 Å². The fourth-order valence-electron chi connectivity index (χ4n) is 1.000. The molecule has 50 valence electrons. The van der Waals surface area contributed by atoms with E-state index in [1.165, 1.54) is 0 Å². The lowest BCUT2D eigenvalue weighted by molar-refractivity contribution is -0.115. The van der Waals surface area contributed by atoms with Crippen molar-refractivity contribution in [1.82, 2.24) is 0 Å². The van der Waals surface area contributed by atoms with Crippen LogP contribution in [-0.4, -0.2) is 5.24 Å². The molecule has 2 heteroatoms. The van der Waals surface area contributed by atoms with Crippen molar-refractivity contribution in [2.45, 2.75) is 19.3 Å². The molecule has 0 radical (unpaired) electrons. The molecular formula is C7H9ClO. The van der Waals surface area contributed by atoms with Gasteiger partial charge in [-0.1, -0.05) is 12.2 Å². The predicted octanol–water partition coefficient (Wildman–Crippen LogP) is 2.11. The van der Waals surface area contributed by atoms with E-state index in [0.717, 1.165) is 19.3 Å². The second-order valence-electron chi connectivity index (χ2n) is 2.29. The fraction of sp³-hybridized carbons (Fsp3) is 0.571. The normalized spacial score (nSPS) is 26.1. The maximum atomic E-state index is 10.5. The van der Waals surface area contributed by atoms with Gasteiger partial charge in [0.25, 0.3) is 0 Å². The van der Waals surface area contributed by atoms with Gasteiger partial charge in [0.1, 0.15) is 0 Å². The highest BCUT2D eigenvalue weighted by atomic mass is 35.5. The van der Waals surface area contributed by atoms with E-state index in [-0.39, 0.29) is 11.2 Å². The number of hydrogen-bond donors (Lipinski definition) is 0. The minimum absolute atomic E-state index is 0.0941. The zero-order chi connectivity index (χ0) is 6.69. The van der Waals surface area contributed by atoms with Gasteiger partial charge in [0, 0.05) is 5.92 Å². The Hall–Kier alpha value is -0.300. The average molecular weight is 145 g/mol. The Morgan fingerprint density at radius 2 is 2.33 bits per heavy atom. The summed E-state index contributed by atoms with van der Waals surface area (Å²) in [4.78, 5) is 10.5. The predicted molar refractivity (Wildman–Crippen MR) is 37.3 cm³/mol. The first kappa shape index (κ1) is 6.81. The number of hydrogen-bond acceptors (Lipinski definition) is 1. The van der Waals surface area contributed by atoms with Crippen molar-refractivity contribution in [2.24, 2.45) is 5.92 Å². The van der Waals surface area contributed by atoms with Crippen LogP contribution >= 0.6 is 11.6 Å². The van der Waals surface area contributed by atoms with Crippen LogP contribution in [0.1, 0.15) is 19.3 Å². The van der Waals surface area contributed by atoms with E-state index in [0.29, 0.717) is 0 Å². The molecule has 0 saturated carbocycles. The molecule has 0 spiro atoms. The van der Waals surface area contributed by atoms with Crippen molar-refractivity contribution in [2.75, 3.05) is 0 Å². The molecule has 1 aliphatic rings. The molecule has 0 aromatic heterocycles. The lowest BCUT2D eigenvalue weighted by Crippen LogP contribution is -2.09. The first-order chi connectivity index (χ1) is 4.30. The van der Waals surface area contributed by atoms with Gasteiger partial charge in [-0.05, 0) is 30.9 Å². The van der Waals surface area contributed by atoms with Crippen molar-refractivity contribution >= 4 is 16.8 Å². The van der Waals surface area contributed by atoms with E-state index in [9.17, 15) is 4.79 Å². The number of allylic oxidation sites excluding steroid dienone is 2. The van der Waals surface area contributed by atoms with E-state index < -0.39 is 0 Å². The van der Waals surface area contributed by atoms with Crippen LogP contribution in [-0.2, 0) is 4.79 Å². The van der Waals surface area contributed by atoms with Crippen LogP contribution in [0.2, 0.25) is 0 Å². The topological polar surface area (TPSA) is 17.1 Å². The molecule has 0 aromatic rings. The Labute approximate surface area is 59.7 Å². The molecule has 0 aliphatic heterocycles. The second-order valence-corrected chi connectivity index (χ2v) is 2.66. The molecule has 0 unspecified atom stereocenters. The minimum Gasteiger partial charge on any atom is -0.281 e. The summed E-state index contributed by atoms with van der Waals surface area (Å²) in [6.07, 6.45) is 6.88. The third kappa shape index (κ3) is 1.83. The molecule has 0 fully saturated rings. The molecule has 1 aliphatic carbocycles. The highest BCUT2D eigenvalue weighted by Gasteiger charge is 2.15. The van der Waals surface area contributed by atoms with Gasteiger partial charge >= 0.3 is 0 Å². The zero-order valence-electron chi connectivity index (χ0n) is 5.14. The highest BCUT2D eigenvalue weighted by Crippen LogP contribution is 2.19. The van der Waals surface area contributed by atoms with E-state index in [4.69, 9.17) is 11.6 Å². The third-order valence-corrected chi connectivity index (χ3v) is 1.90. The van der Waals surface area contributed by atoms with Crippen LogP contribution in [0.4, 0.5) is 0 Å². The van der Waals surface area contributed by atoms with E-state index in [1.54, 1.807) is 0 Å². The Morgan fingerprint density at radius 3 is 2.67 bits per heavy atom. The molecule has 1 atom stereocenters. The first-order valence-electron chi connectivity index (χ1n) is 3.15. The molecule has 0 aromatic carbocycles. The molecule has 0 heterocycles. The summed E-state index contributed by atoms with van der Waals surface area (Å²) in [5.74, 6) is 0.0941. The molecule has 9 heavy (non-hydrogen) atoms. The Morgan fingerprint density at radius 1 is 1.56 bits per heavy atom. The van der Waals surface area contributed by atoms with Crippen LogP contribution in [0.15, 0.2) is 12.2 Å². The average Bonchev–Trinajstić information content (AvgIpc) is 1.90. The smallest absolute Gasteiger partial charge is 0.225 e. The van der Waals surface area contributed by atoms with Crippen LogP contribution in [0.25, 0.3) is 0 Å². The Kier molecular flexibility index (Phi) is 2.29. The lowest BCUT2D eigenvalue weighted by atomic mass is 9.96. The van der Waals surface area contributed by atoms with Gasteiger partial charge in [0.2, 0.25) is 5.24 Å². The Bertz CT molecular complexity index is 140. The molecular weight excluding hydrogens is 136 g/mol. The standard InChI is InChI=1S/C7H9ClO/c8-7(9)6-4-2-1-3-5-6/h1-2,6H,3-5H2/t6-/m1/s1.